The Balaban J connectivity index is 2.12. The fraction of sp³-hybridized carbons (Fsp3) is 0.316. The number of hydrogen-bond acceptors (Lipinski definition) is 2. The van der Waals surface area contributed by atoms with Gasteiger partial charge < -0.3 is 15.5 Å². The number of urea groups is 1. The van der Waals surface area contributed by atoms with E-state index in [0.717, 1.165) is 22.5 Å². The first kappa shape index (κ1) is 19.4. The summed E-state index contributed by atoms with van der Waals surface area (Å²) < 4.78 is 0. The normalized spacial score (nSPS) is 11.2. The summed E-state index contributed by atoms with van der Waals surface area (Å²) in [5.74, 6) is 0. The molecule has 4 nitrogen and oxygen atoms in total. The van der Waals surface area contributed by atoms with Crippen molar-refractivity contribution in [3.8, 4) is 0 Å². The van der Waals surface area contributed by atoms with Crippen LogP contribution in [0.4, 0.5) is 16.2 Å². The van der Waals surface area contributed by atoms with Crippen LogP contribution in [0.2, 0.25) is 10.0 Å². The molecule has 0 fully saturated rings. The van der Waals surface area contributed by atoms with Crippen molar-refractivity contribution < 1.29 is 4.79 Å². The fourth-order valence-corrected chi connectivity index (χ4v) is 2.76. The lowest BCUT2D eigenvalue weighted by Gasteiger charge is -2.27. The molecule has 0 spiro atoms. The zero-order chi connectivity index (χ0) is 18.8. The van der Waals surface area contributed by atoms with Crippen LogP contribution in [0.5, 0.6) is 0 Å². The molecular formula is C19H23Cl2N3O. The first-order valence-corrected chi connectivity index (χ1v) is 8.68. The Hall–Kier alpha value is -1.91. The van der Waals surface area contributed by atoms with Gasteiger partial charge in [-0.25, -0.2) is 4.79 Å². The van der Waals surface area contributed by atoms with Gasteiger partial charge in [0.15, 0.2) is 0 Å². The molecule has 2 aromatic rings. The van der Waals surface area contributed by atoms with E-state index in [4.69, 9.17) is 23.2 Å². The van der Waals surface area contributed by atoms with Crippen molar-refractivity contribution in [2.24, 2.45) is 0 Å². The summed E-state index contributed by atoms with van der Waals surface area (Å²) in [5.41, 5.74) is 3.12. The molecule has 2 aromatic carbocycles. The number of nitrogens with one attached hydrogen (secondary N) is 2. The Labute approximate surface area is 159 Å². The zero-order valence-electron chi connectivity index (χ0n) is 15.1. The largest absolute Gasteiger partial charge is 0.378 e. The van der Waals surface area contributed by atoms with Crippen molar-refractivity contribution in [3.05, 3.63) is 57.6 Å². The molecule has 0 heterocycles. The summed E-state index contributed by atoms with van der Waals surface area (Å²) >= 11 is 12.0. The highest BCUT2D eigenvalue weighted by Crippen LogP contribution is 2.28. The van der Waals surface area contributed by atoms with Crippen molar-refractivity contribution in [2.45, 2.75) is 26.3 Å². The number of anilines is 2. The molecule has 0 saturated heterocycles. The van der Waals surface area contributed by atoms with Gasteiger partial charge >= 0.3 is 6.03 Å². The van der Waals surface area contributed by atoms with Crippen LogP contribution in [-0.2, 0) is 5.54 Å². The lowest BCUT2D eigenvalue weighted by Crippen LogP contribution is -2.43. The predicted octanol–water partition coefficient (Wildman–Crippen LogP) is 5.42. The average Bonchev–Trinajstić information content (AvgIpc) is 2.51. The number of carbonyl (C=O) groups excluding carboxylic acids is 1. The molecule has 0 bridgehead atoms. The lowest BCUT2D eigenvalue weighted by atomic mass is 9.94. The third-order valence-corrected chi connectivity index (χ3v) is 4.78. The van der Waals surface area contributed by atoms with Crippen LogP contribution in [0.25, 0.3) is 0 Å². The molecule has 0 aromatic heterocycles. The van der Waals surface area contributed by atoms with Crippen molar-refractivity contribution in [2.75, 3.05) is 24.3 Å². The van der Waals surface area contributed by atoms with Crippen LogP contribution in [-0.4, -0.2) is 20.1 Å². The number of carbonyl (C=O) groups is 1. The maximum Gasteiger partial charge on any atom is 0.319 e. The van der Waals surface area contributed by atoms with Gasteiger partial charge in [-0.2, -0.15) is 0 Å². The molecule has 2 rings (SSSR count). The molecule has 0 aliphatic carbocycles. The summed E-state index contributed by atoms with van der Waals surface area (Å²) in [6.45, 7) is 5.79. The number of hydrogen-bond donors (Lipinski definition) is 2. The molecule has 0 saturated carbocycles. The number of aryl methyl sites for hydroxylation is 1. The van der Waals surface area contributed by atoms with Crippen molar-refractivity contribution in [1.29, 1.82) is 0 Å². The van der Waals surface area contributed by atoms with E-state index in [0.29, 0.717) is 10.0 Å². The van der Waals surface area contributed by atoms with Gasteiger partial charge in [-0.1, -0.05) is 29.3 Å². The van der Waals surface area contributed by atoms with Crippen LogP contribution in [0.15, 0.2) is 36.4 Å². The average molecular weight is 380 g/mol. The van der Waals surface area contributed by atoms with Crippen LogP contribution >= 0.6 is 23.2 Å². The number of nitrogens with zero attached hydrogens (tertiary/aromatic N) is 1. The summed E-state index contributed by atoms with van der Waals surface area (Å²) in [6.07, 6.45) is 0. The number of amides is 2. The second-order valence-electron chi connectivity index (χ2n) is 6.73. The van der Waals surface area contributed by atoms with Crippen LogP contribution in [0, 0.1) is 6.92 Å². The molecule has 25 heavy (non-hydrogen) atoms. The lowest BCUT2D eigenvalue weighted by molar-refractivity contribution is 0.242. The minimum atomic E-state index is -0.601. The monoisotopic (exact) mass is 379 g/mol. The highest BCUT2D eigenvalue weighted by atomic mass is 35.5. The summed E-state index contributed by atoms with van der Waals surface area (Å²) in [5, 5.41) is 6.82. The molecule has 134 valence electrons. The van der Waals surface area contributed by atoms with Gasteiger partial charge in [0.1, 0.15) is 0 Å². The minimum absolute atomic E-state index is 0.281. The Morgan fingerprint density at radius 3 is 2.28 bits per heavy atom. The summed E-state index contributed by atoms with van der Waals surface area (Å²) in [7, 11) is 3.96. The van der Waals surface area contributed by atoms with Crippen molar-refractivity contribution in [3.63, 3.8) is 0 Å². The van der Waals surface area contributed by atoms with Crippen LogP contribution in [0.1, 0.15) is 25.0 Å². The standard InChI is InChI=1S/C19H23Cl2N3O/c1-12-10-14(24(4)5)7-9-17(12)22-18(25)23-19(2,3)13-6-8-15(20)16(21)11-13/h6-11H,1-5H3,(H2,22,23,25). The molecule has 0 atom stereocenters. The van der Waals surface area contributed by atoms with Crippen LogP contribution in [0.3, 0.4) is 0 Å². The van der Waals surface area contributed by atoms with E-state index >= 15 is 0 Å². The Morgan fingerprint density at radius 2 is 1.72 bits per heavy atom. The Morgan fingerprint density at radius 1 is 1.04 bits per heavy atom. The molecule has 0 unspecified atom stereocenters. The maximum atomic E-state index is 12.4. The molecule has 0 aliphatic rings. The van der Waals surface area contributed by atoms with Gasteiger partial charge in [0.05, 0.1) is 15.6 Å². The molecule has 0 aliphatic heterocycles. The molecule has 0 radical (unpaired) electrons. The zero-order valence-corrected chi connectivity index (χ0v) is 16.6. The highest BCUT2D eigenvalue weighted by molar-refractivity contribution is 6.42. The number of benzene rings is 2. The second kappa shape index (κ2) is 7.54. The van der Waals surface area contributed by atoms with Gasteiger partial charge in [-0.3, -0.25) is 0 Å². The maximum absolute atomic E-state index is 12.4. The fourth-order valence-electron chi connectivity index (χ4n) is 2.46. The van der Waals surface area contributed by atoms with Crippen molar-refractivity contribution >= 4 is 40.6 Å². The van der Waals surface area contributed by atoms with Gasteiger partial charge in [0, 0.05) is 25.5 Å². The smallest absolute Gasteiger partial charge is 0.319 e. The van der Waals surface area contributed by atoms with Crippen molar-refractivity contribution in [1.82, 2.24) is 5.32 Å². The van der Waals surface area contributed by atoms with E-state index < -0.39 is 5.54 Å². The first-order chi connectivity index (χ1) is 11.6. The molecule has 2 N–H and O–H groups in total. The van der Waals surface area contributed by atoms with E-state index in [1.54, 1.807) is 12.1 Å². The van der Waals surface area contributed by atoms with E-state index in [2.05, 4.69) is 10.6 Å². The van der Waals surface area contributed by atoms with Gasteiger partial charge in [0.2, 0.25) is 0 Å². The predicted molar refractivity (Wildman–Crippen MR) is 107 cm³/mol. The Bertz CT molecular complexity index is 788. The first-order valence-electron chi connectivity index (χ1n) is 7.93. The SMILES string of the molecule is Cc1cc(N(C)C)ccc1NC(=O)NC(C)(C)c1ccc(Cl)c(Cl)c1. The summed E-state index contributed by atoms with van der Waals surface area (Å²) in [6, 6.07) is 11.0. The summed E-state index contributed by atoms with van der Waals surface area (Å²) in [4.78, 5) is 14.5. The van der Waals surface area contributed by atoms with E-state index in [1.807, 2.05) is 64.0 Å². The van der Waals surface area contributed by atoms with E-state index in [9.17, 15) is 4.79 Å². The van der Waals surface area contributed by atoms with Gasteiger partial charge in [0.25, 0.3) is 0 Å². The van der Waals surface area contributed by atoms with E-state index in [-0.39, 0.29) is 6.03 Å². The molecule has 6 heteroatoms. The Kier molecular flexibility index (Phi) is 5.86. The molecule has 2 amide bonds. The van der Waals surface area contributed by atoms with Gasteiger partial charge in [-0.15, -0.1) is 0 Å². The third-order valence-electron chi connectivity index (χ3n) is 4.04. The number of rotatable bonds is 4. The van der Waals surface area contributed by atoms with E-state index in [1.165, 1.54) is 0 Å². The third kappa shape index (κ3) is 4.80. The molecular weight excluding hydrogens is 357 g/mol. The van der Waals surface area contributed by atoms with Crippen LogP contribution < -0.4 is 15.5 Å². The topological polar surface area (TPSA) is 44.4 Å². The van der Waals surface area contributed by atoms with Gasteiger partial charge in [-0.05, 0) is 62.2 Å². The minimum Gasteiger partial charge on any atom is -0.378 e. The number of halogens is 2. The highest BCUT2D eigenvalue weighted by Gasteiger charge is 2.24. The second-order valence-corrected chi connectivity index (χ2v) is 7.54. The quantitative estimate of drug-likeness (QED) is 0.743.